The molecule has 33 heavy (non-hydrogen) atoms. The van der Waals surface area contributed by atoms with E-state index in [1.165, 1.54) is 0 Å². The van der Waals surface area contributed by atoms with Crippen molar-refractivity contribution < 1.29 is 23.8 Å². The van der Waals surface area contributed by atoms with Gasteiger partial charge >= 0.3 is 0 Å². The van der Waals surface area contributed by atoms with Crippen molar-refractivity contribution in [3.63, 3.8) is 0 Å². The Hall–Kier alpha value is -3.51. The summed E-state index contributed by atoms with van der Waals surface area (Å²) >= 11 is 6.15. The molecule has 0 saturated carbocycles. The summed E-state index contributed by atoms with van der Waals surface area (Å²) in [7, 11) is 0. The first-order valence-corrected chi connectivity index (χ1v) is 11.1. The zero-order valence-corrected chi connectivity index (χ0v) is 19.6. The lowest BCUT2D eigenvalue weighted by Gasteiger charge is -2.17. The van der Waals surface area contributed by atoms with Crippen LogP contribution >= 0.6 is 11.6 Å². The summed E-state index contributed by atoms with van der Waals surface area (Å²) in [5, 5.41) is 3.22. The van der Waals surface area contributed by atoms with Crippen LogP contribution < -0.4 is 19.5 Å². The van der Waals surface area contributed by atoms with Gasteiger partial charge in [-0.3, -0.25) is 9.59 Å². The number of benzene rings is 3. The number of rotatable bonds is 10. The molecule has 172 valence electrons. The SMILES string of the molecule is CCOc1cc(C(=O)Nc2ccc(Cl)cc2C(=O)c2ccccc2)cc(OCC)c1OCC. The van der Waals surface area contributed by atoms with Crippen LogP contribution in [-0.2, 0) is 0 Å². The van der Waals surface area contributed by atoms with Crippen molar-refractivity contribution in [2.24, 2.45) is 0 Å². The Morgan fingerprint density at radius 1 is 0.788 bits per heavy atom. The molecule has 3 aromatic rings. The van der Waals surface area contributed by atoms with Gasteiger partial charge in [-0.05, 0) is 51.1 Å². The number of nitrogens with one attached hydrogen (secondary N) is 1. The second-order valence-electron chi connectivity index (χ2n) is 6.94. The van der Waals surface area contributed by atoms with E-state index in [2.05, 4.69) is 5.32 Å². The standard InChI is InChI=1S/C26H26ClNO5/c1-4-31-22-14-18(15-23(32-5-2)25(22)33-6-3)26(30)28-21-13-12-19(27)16-20(21)24(29)17-10-8-7-9-11-17/h7-16H,4-6H2,1-3H3,(H,28,30). The molecular weight excluding hydrogens is 442 g/mol. The summed E-state index contributed by atoms with van der Waals surface area (Å²) in [4.78, 5) is 26.3. The minimum atomic E-state index is -0.426. The number of carbonyl (C=O) groups excluding carboxylic acids is 2. The van der Waals surface area contributed by atoms with Gasteiger partial charge in [-0.1, -0.05) is 41.9 Å². The minimum absolute atomic E-state index is 0.245. The monoisotopic (exact) mass is 467 g/mol. The molecule has 0 bridgehead atoms. The van der Waals surface area contributed by atoms with Crippen LogP contribution in [0.1, 0.15) is 47.1 Å². The molecule has 0 atom stereocenters. The first-order valence-electron chi connectivity index (χ1n) is 10.8. The molecule has 0 aliphatic heterocycles. The van der Waals surface area contributed by atoms with E-state index in [9.17, 15) is 9.59 Å². The van der Waals surface area contributed by atoms with Gasteiger partial charge in [-0.25, -0.2) is 0 Å². The smallest absolute Gasteiger partial charge is 0.255 e. The highest BCUT2D eigenvalue weighted by molar-refractivity contribution is 6.31. The van der Waals surface area contributed by atoms with Crippen LogP contribution in [-0.4, -0.2) is 31.5 Å². The number of halogens is 1. The number of carbonyl (C=O) groups is 2. The summed E-state index contributed by atoms with van der Waals surface area (Å²) in [6, 6.07) is 16.8. The zero-order chi connectivity index (χ0) is 23.8. The molecule has 1 N–H and O–H groups in total. The second kappa shape index (κ2) is 11.4. The summed E-state index contributed by atoms with van der Waals surface area (Å²) in [5.74, 6) is 0.595. The molecule has 0 saturated heterocycles. The van der Waals surface area contributed by atoms with E-state index >= 15 is 0 Å². The molecule has 0 aromatic heterocycles. The van der Waals surface area contributed by atoms with Gasteiger partial charge in [-0.15, -0.1) is 0 Å². The Kier molecular flexibility index (Phi) is 8.33. The normalized spacial score (nSPS) is 10.4. The molecule has 0 radical (unpaired) electrons. The van der Waals surface area contributed by atoms with Crippen molar-refractivity contribution in [1.29, 1.82) is 0 Å². The molecule has 0 spiro atoms. The Balaban J connectivity index is 1.98. The van der Waals surface area contributed by atoms with Crippen molar-refractivity contribution in [2.45, 2.75) is 20.8 Å². The van der Waals surface area contributed by atoms with Gasteiger partial charge in [0.05, 0.1) is 25.5 Å². The largest absolute Gasteiger partial charge is 0.490 e. The van der Waals surface area contributed by atoms with Crippen LogP contribution in [0.3, 0.4) is 0 Å². The van der Waals surface area contributed by atoms with Gasteiger partial charge in [0.25, 0.3) is 5.91 Å². The van der Waals surface area contributed by atoms with Crippen molar-refractivity contribution in [2.75, 3.05) is 25.1 Å². The molecule has 0 fully saturated rings. The lowest BCUT2D eigenvalue weighted by atomic mass is 10.0. The van der Waals surface area contributed by atoms with Gasteiger partial charge in [0.2, 0.25) is 5.75 Å². The molecule has 3 rings (SSSR count). The number of amides is 1. The van der Waals surface area contributed by atoms with Crippen molar-refractivity contribution in [1.82, 2.24) is 0 Å². The predicted molar refractivity (Wildman–Crippen MR) is 129 cm³/mol. The highest BCUT2D eigenvalue weighted by Crippen LogP contribution is 2.39. The third kappa shape index (κ3) is 5.84. The highest BCUT2D eigenvalue weighted by Gasteiger charge is 2.21. The fraction of sp³-hybridized carbons (Fsp3) is 0.231. The van der Waals surface area contributed by atoms with Crippen LogP contribution in [0.25, 0.3) is 0 Å². The maximum absolute atomic E-state index is 13.2. The Bertz CT molecular complexity index is 1100. The van der Waals surface area contributed by atoms with E-state index < -0.39 is 5.91 Å². The quantitative estimate of drug-likeness (QED) is 0.369. The molecule has 0 unspecified atom stereocenters. The average molecular weight is 468 g/mol. The van der Waals surface area contributed by atoms with Gasteiger partial charge in [0, 0.05) is 21.7 Å². The van der Waals surface area contributed by atoms with Crippen LogP contribution in [0.4, 0.5) is 5.69 Å². The predicted octanol–water partition coefficient (Wildman–Crippen LogP) is 6.02. The Labute approximate surface area is 198 Å². The van der Waals surface area contributed by atoms with Crippen LogP contribution in [0.5, 0.6) is 17.2 Å². The molecule has 6 nitrogen and oxygen atoms in total. The molecule has 3 aromatic carbocycles. The van der Waals surface area contributed by atoms with Gasteiger partial charge in [0.1, 0.15) is 0 Å². The maximum atomic E-state index is 13.2. The molecule has 7 heteroatoms. The first kappa shape index (κ1) is 24.1. The number of hydrogen-bond acceptors (Lipinski definition) is 5. The number of anilines is 1. The van der Waals surface area contributed by atoms with E-state index in [-0.39, 0.29) is 5.78 Å². The minimum Gasteiger partial charge on any atom is -0.490 e. The average Bonchev–Trinajstić information content (AvgIpc) is 2.82. The van der Waals surface area contributed by atoms with Crippen molar-refractivity contribution in [3.8, 4) is 17.2 Å². The zero-order valence-electron chi connectivity index (χ0n) is 18.8. The summed E-state index contributed by atoms with van der Waals surface area (Å²) in [6.07, 6.45) is 0. The van der Waals surface area contributed by atoms with E-state index in [4.69, 9.17) is 25.8 Å². The van der Waals surface area contributed by atoms with E-state index in [1.807, 2.05) is 26.8 Å². The summed E-state index contributed by atoms with van der Waals surface area (Å²) in [5.41, 5.74) is 1.44. The molecule has 0 heterocycles. The maximum Gasteiger partial charge on any atom is 0.255 e. The van der Waals surface area contributed by atoms with Crippen LogP contribution in [0.15, 0.2) is 60.7 Å². The fourth-order valence-electron chi connectivity index (χ4n) is 3.27. The topological polar surface area (TPSA) is 73.9 Å². The molecule has 0 aliphatic rings. The Morgan fingerprint density at radius 3 is 1.97 bits per heavy atom. The van der Waals surface area contributed by atoms with Crippen LogP contribution in [0.2, 0.25) is 5.02 Å². The van der Waals surface area contributed by atoms with Gasteiger partial charge in [-0.2, -0.15) is 0 Å². The van der Waals surface area contributed by atoms with E-state index in [1.54, 1.807) is 54.6 Å². The Morgan fingerprint density at radius 2 is 1.39 bits per heavy atom. The van der Waals surface area contributed by atoms with Gasteiger partial charge in [0.15, 0.2) is 17.3 Å². The summed E-state index contributed by atoms with van der Waals surface area (Å²) in [6.45, 7) is 6.75. The highest BCUT2D eigenvalue weighted by atomic mass is 35.5. The lowest BCUT2D eigenvalue weighted by molar-refractivity contribution is 0.102. The number of hydrogen-bond donors (Lipinski definition) is 1. The lowest BCUT2D eigenvalue weighted by Crippen LogP contribution is -2.16. The van der Waals surface area contributed by atoms with Crippen LogP contribution in [0, 0.1) is 0 Å². The molecule has 0 aliphatic carbocycles. The van der Waals surface area contributed by atoms with Gasteiger partial charge < -0.3 is 19.5 Å². The first-order chi connectivity index (χ1) is 16.0. The molecular formula is C26H26ClNO5. The molecule has 1 amide bonds. The van der Waals surface area contributed by atoms with Crippen molar-refractivity contribution >= 4 is 29.0 Å². The van der Waals surface area contributed by atoms with Crippen molar-refractivity contribution in [3.05, 3.63) is 82.4 Å². The number of ketones is 1. The third-order valence-corrected chi connectivity index (χ3v) is 4.92. The summed E-state index contributed by atoms with van der Waals surface area (Å²) < 4.78 is 17.1. The van der Waals surface area contributed by atoms with E-state index in [0.29, 0.717) is 64.5 Å². The third-order valence-electron chi connectivity index (χ3n) is 4.68. The van der Waals surface area contributed by atoms with E-state index in [0.717, 1.165) is 0 Å². The second-order valence-corrected chi connectivity index (χ2v) is 7.38. The fourth-order valence-corrected chi connectivity index (χ4v) is 3.44. The number of ether oxygens (including phenoxy) is 3.